The van der Waals surface area contributed by atoms with Crippen molar-refractivity contribution < 1.29 is 9.90 Å². The number of aliphatic hydroxyl groups is 1. The van der Waals surface area contributed by atoms with Crippen molar-refractivity contribution in [2.75, 3.05) is 12.4 Å². The summed E-state index contributed by atoms with van der Waals surface area (Å²) >= 11 is 1.52. The van der Waals surface area contributed by atoms with E-state index in [1.54, 1.807) is 0 Å². The molecular formula is C13H17NO2S. The van der Waals surface area contributed by atoms with Crippen LogP contribution in [0.4, 0.5) is 0 Å². The van der Waals surface area contributed by atoms with E-state index in [1.165, 1.54) is 17.3 Å². The third-order valence-electron chi connectivity index (χ3n) is 2.95. The molecule has 0 aliphatic heterocycles. The second kappa shape index (κ2) is 5.10. The van der Waals surface area contributed by atoms with Gasteiger partial charge < -0.3 is 10.4 Å². The smallest absolute Gasteiger partial charge is 0.230 e. The number of rotatable bonds is 5. The molecule has 2 N–H and O–H groups in total. The second-order valence-electron chi connectivity index (χ2n) is 4.59. The SMILES string of the molecule is Cc1ccc(SCC(=O)NC2(CO)CC2)cc1. The van der Waals surface area contributed by atoms with Gasteiger partial charge in [-0.2, -0.15) is 0 Å². The lowest BCUT2D eigenvalue weighted by molar-refractivity contribution is -0.119. The molecule has 92 valence electrons. The summed E-state index contributed by atoms with van der Waals surface area (Å²) in [7, 11) is 0. The van der Waals surface area contributed by atoms with E-state index >= 15 is 0 Å². The average molecular weight is 251 g/mol. The van der Waals surface area contributed by atoms with Crippen LogP contribution in [-0.2, 0) is 4.79 Å². The van der Waals surface area contributed by atoms with E-state index in [-0.39, 0.29) is 18.1 Å². The van der Waals surface area contributed by atoms with Gasteiger partial charge in [-0.15, -0.1) is 11.8 Å². The zero-order chi connectivity index (χ0) is 12.3. The van der Waals surface area contributed by atoms with E-state index in [1.807, 2.05) is 31.2 Å². The average Bonchev–Trinajstić information content (AvgIpc) is 3.09. The quantitative estimate of drug-likeness (QED) is 0.784. The summed E-state index contributed by atoms with van der Waals surface area (Å²) in [5, 5.41) is 12.0. The predicted octanol–water partition coefficient (Wildman–Crippen LogP) is 1.73. The highest BCUT2D eigenvalue weighted by molar-refractivity contribution is 8.00. The van der Waals surface area contributed by atoms with E-state index in [9.17, 15) is 4.79 Å². The Kier molecular flexibility index (Phi) is 3.74. The van der Waals surface area contributed by atoms with Gasteiger partial charge in [0, 0.05) is 4.90 Å². The second-order valence-corrected chi connectivity index (χ2v) is 5.64. The summed E-state index contributed by atoms with van der Waals surface area (Å²) in [6, 6.07) is 8.12. The van der Waals surface area contributed by atoms with E-state index in [0.717, 1.165) is 17.7 Å². The van der Waals surface area contributed by atoms with Gasteiger partial charge in [0.05, 0.1) is 17.9 Å². The van der Waals surface area contributed by atoms with E-state index in [4.69, 9.17) is 5.11 Å². The first-order valence-corrected chi connectivity index (χ1v) is 6.73. The number of benzene rings is 1. The minimum absolute atomic E-state index is 0.00197. The minimum Gasteiger partial charge on any atom is -0.394 e. The maximum atomic E-state index is 11.7. The minimum atomic E-state index is -0.301. The molecule has 17 heavy (non-hydrogen) atoms. The molecule has 0 heterocycles. The maximum absolute atomic E-state index is 11.7. The van der Waals surface area contributed by atoms with Gasteiger partial charge >= 0.3 is 0 Å². The van der Waals surface area contributed by atoms with Crippen molar-refractivity contribution >= 4 is 17.7 Å². The molecule has 2 rings (SSSR count). The van der Waals surface area contributed by atoms with Crippen molar-refractivity contribution in [1.82, 2.24) is 5.32 Å². The van der Waals surface area contributed by atoms with Gasteiger partial charge in [-0.3, -0.25) is 4.79 Å². The van der Waals surface area contributed by atoms with Crippen LogP contribution in [-0.4, -0.2) is 28.9 Å². The van der Waals surface area contributed by atoms with Crippen molar-refractivity contribution in [2.45, 2.75) is 30.2 Å². The molecule has 1 aliphatic carbocycles. The van der Waals surface area contributed by atoms with Crippen molar-refractivity contribution in [1.29, 1.82) is 0 Å². The number of nitrogens with one attached hydrogen (secondary N) is 1. The van der Waals surface area contributed by atoms with Crippen LogP contribution >= 0.6 is 11.8 Å². The third-order valence-corrected chi connectivity index (χ3v) is 3.96. The number of hydrogen-bond acceptors (Lipinski definition) is 3. The molecule has 4 heteroatoms. The fourth-order valence-electron chi connectivity index (χ4n) is 1.59. The molecule has 1 aromatic rings. The van der Waals surface area contributed by atoms with Gasteiger partial charge in [0.2, 0.25) is 5.91 Å². The van der Waals surface area contributed by atoms with Crippen molar-refractivity contribution in [3.8, 4) is 0 Å². The first-order chi connectivity index (χ1) is 8.13. The van der Waals surface area contributed by atoms with Crippen molar-refractivity contribution in [2.24, 2.45) is 0 Å². The Balaban J connectivity index is 1.78. The van der Waals surface area contributed by atoms with Gasteiger partial charge in [0.1, 0.15) is 0 Å². The van der Waals surface area contributed by atoms with Crippen LogP contribution in [0, 0.1) is 6.92 Å². The molecule has 3 nitrogen and oxygen atoms in total. The molecule has 1 aliphatic rings. The number of carbonyl (C=O) groups excluding carboxylic acids is 1. The Morgan fingerprint density at radius 3 is 2.59 bits per heavy atom. The van der Waals surface area contributed by atoms with E-state index < -0.39 is 0 Å². The Hall–Kier alpha value is -1.00. The lowest BCUT2D eigenvalue weighted by atomic mass is 10.2. The van der Waals surface area contributed by atoms with Gasteiger partial charge in [0.15, 0.2) is 0 Å². The van der Waals surface area contributed by atoms with Gasteiger partial charge in [-0.25, -0.2) is 0 Å². The Morgan fingerprint density at radius 2 is 2.06 bits per heavy atom. The van der Waals surface area contributed by atoms with Crippen LogP contribution in [0.5, 0.6) is 0 Å². The summed E-state index contributed by atoms with van der Waals surface area (Å²) < 4.78 is 0. The maximum Gasteiger partial charge on any atom is 0.230 e. The molecule has 1 amide bonds. The molecule has 0 atom stereocenters. The largest absolute Gasteiger partial charge is 0.394 e. The summed E-state index contributed by atoms with van der Waals surface area (Å²) in [4.78, 5) is 12.8. The topological polar surface area (TPSA) is 49.3 Å². The molecular weight excluding hydrogens is 234 g/mol. The summed E-state index contributed by atoms with van der Waals surface area (Å²) in [5.74, 6) is 0.410. The molecule has 1 saturated carbocycles. The van der Waals surface area contributed by atoms with E-state index in [0.29, 0.717) is 5.75 Å². The third kappa shape index (κ3) is 3.48. The summed E-state index contributed by atoms with van der Waals surface area (Å²) in [6.07, 6.45) is 1.79. The lowest BCUT2D eigenvalue weighted by Gasteiger charge is -2.13. The van der Waals surface area contributed by atoms with Crippen LogP contribution in [0.1, 0.15) is 18.4 Å². The molecule has 0 radical (unpaired) electrons. The van der Waals surface area contributed by atoms with Crippen LogP contribution in [0.15, 0.2) is 29.2 Å². The molecule has 0 bridgehead atoms. The van der Waals surface area contributed by atoms with Gasteiger partial charge in [-0.05, 0) is 31.9 Å². The Labute approximate surface area is 106 Å². The number of amides is 1. The Bertz CT molecular complexity index is 398. The number of aryl methyl sites for hydroxylation is 1. The molecule has 0 unspecified atom stereocenters. The van der Waals surface area contributed by atoms with Crippen LogP contribution in [0.3, 0.4) is 0 Å². The summed E-state index contributed by atoms with van der Waals surface area (Å²) in [6.45, 7) is 2.09. The first-order valence-electron chi connectivity index (χ1n) is 5.75. The molecule has 0 spiro atoms. The molecule has 0 aromatic heterocycles. The van der Waals surface area contributed by atoms with Crippen LogP contribution in [0.25, 0.3) is 0 Å². The number of thioether (sulfide) groups is 1. The standard InChI is InChI=1S/C13H17NO2S/c1-10-2-4-11(5-3-10)17-8-12(16)14-13(9-15)6-7-13/h2-5,15H,6-9H2,1H3,(H,14,16). The number of carbonyl (C=O) groups is 1. The fourth-order valence-corrected chi connectivity index (χ4v) is 2.29. The normalized spacial score (nSPS) is 16.6. The summed E-state index contributed by atoms with van der Waals surface area (Å²) in [5.41, 5.74) is 0.918. The zero-order valence-electron chi connectivity index (χ0n) is 9.90. The highest BCUT2D eigenvalue weighted by atomic mass is 32.2. The first kappa shape index (κ1) is 12.5. The monoisotopic (exact) mass is 251 g/mol. The number of aliphatic hydroxyl groups excluding tert-OH is 1. The van der Waals surface area contributed by atoms with Gasteiger partial charge in [-0.1, -0.05) is 17.7 Å². The zero-order valence-corrected chi connectivity index (χ0v) is 10.7. The Morgan fingerprint density at radius 1 is 1.41 bits per heavy atom. The van der Waals surface area contributed by atoms with Crippen LogP contribution in [0.2, 0.25) is 0 Å². The molecule has 1 fully saturated rings. The number of hydrogen-bond donors (Lipinski definition) is 2. The van der Waals surface area contributed by atoms with Crippen molar-refractivity contribution in [3.63, 3.8) is 0 Å². The predicted molar refractivity (Wildman–Crippen MR) is 69.1 cm³/mol. The molecule has 0 saturated heterocycles. The fraction of sp³-hybridized carbons (Fsp3) is 0.462. The lowest BCUT2D eigenvalue weighted by Crippen LogP contribution is -2.40. The molecule has 1 aromatic carbocycles. The van der Waals surface area contributed by atoms with Gasteiger partial charge in [0.25, 0.3) is 0 Å². The highest BCUT2D eigenvalue weighted by Gasteiger charge is 2.43. The van der Waals surface area contributed by atoms with Crippen LogP contribution < -0.4 is 5.32 Å². The van der Waals surface area contributed by atoms with E-state index in [2.05, 4.69) is 5.32 Å². The highest BCUT2D eigenvalue weighted by Crippen LogP contribution is 2.34. The van der Waals surface area contributed by atoms with Crippen molar-refractivity contribution in [3.05, 3.63) is 29.8 Å².